The van der Waals surface area contributed by atoms with Crippen molar-refractivity contribution < 1.29 is 0 Å². The van der Waals surface area contributed by atoms with Gasteiger partial charge in [-0.2, -0.15) is 5.26 Å². The van der Waals surface area contributed by atoms with E-state index in [1.54, 1.807) is 11.3 Å². The number of thiophene rings is 1. The van der Waals surface area contributed by atoms with E-state index < -0.39 is 0 Å². The summed E-state index contributed by atoms with van der Waals surface area (Å²) in [5.41, 5.74) is 4.59. The fourth-order valence-corrected chi connectivity index (χ4v) is 4.65. The predicted octanol–water partition coefficient (Wildman–Crippen LogP) is 6.66. The summed E-state index contributed by atoms with van der Waals surface area (Å²) in [4.78, 5) is 4.92. The number of pyridine rings is 1. The number of nitriles is 1. The van der Waals surface area contributed by atoms with E-state index in [9.17, 15) is 5.26 Å². The highest BCUT2D eigenvalue weighted by Gasteiger charge is 2.14. The van der Waals surface area contributed by atoms with Crippen molar-refractivity contribution in [2.24, 2.45) is 0 Å². The first kappa shape index (κ1) is 15.7. The number of fused-ring (bicyclic) bond motifs is 3. The summed E-state index contributed by atoms with van der Waals surface area (Å²) in [5, 5.41) is 11.9. The van der Waals surface area contributed by atoms with Gasteiger partial charge in [0.2, 0.25) is 0 Å². The zero-order valence-corrected chi connectivity index (χ0v) is 15.2. The van der Waals surface area contributed by atoms with Crippen molar-refractivity contribution in [2.45, 2.75) is 0 Å². The minimum atomic E-state index is 0.663. The molecule has 0 saturated heterocycles. The second-order valence-corrected chi connectivity index (χ2v) is 7.46. The molecule has 5 aromatic rings. The van der Waals surface area contributed by atoms with E-state index in [1.807, 2.05) is 48.5 Å². The SMILES string of the molecule is N#Cc1cc(-c2cccc(-c3ccccc3)n2)c2c(c1)sc1ccccc12. The van der Waals surface area contributed by atoms with Gasteiger partial charge in [-0.3, -0.25) is 0 Å². The Labute approximate surface area is 161 Å². The molecule has 0 unspecified atom stereocenters. The third-order valence-electron chi connectivity index (χ3n) is 4.70. The van der Waals surface area contributed by atoms with Gasteiger partial charge in [0.25, 0.3) is 0 Å². The van der Waals surface area contributed by atoms with Gasteiger partial charge in [0, 0.05) is 31.3 Å². The van der Waals surface area contributed by atoms with Crippen LogP contribution in [0.5, 0.6) is 0 Å². The maximum Gasteiger partial charge on any atom is 0.0992 e. The topological polar surface area (TPSA) is 36.7 Å². The Morgan fingerprint density at radius 1 is 0.741 bits per heavy atom. The average molecular weight is 362 g/mol. The summed E-state index contributed by atoms with van der Waals surface area (Å²) in [6.45, 7) is 0. The van der Waals surface area contributed by atoms with Gasteiger partial charge in [0.1, 0.15) is 0 Å². The molecule has 2 nitrogen and oxygen atoms in total. The summed E-state index contributed by atoms with van der Waals surface area (Å²) in [5.74, 6) is 0. The fourth-order valence-electron chi connectivity index (χ4n) is 3.48. The number of rotatable bonds is 2. The molecule has 2 heterocycles. The molecule has 3 aromatic carbocycles. The lowest BCUT2D eigenvalue weighted by atomic mass is 10.00. The number of hydrogen-bond donors (Lipinski definition) is 0. The van der Waals surface area contributed by atoms with Gasteiger partial charge in [0.15, 0.2) is 0 Å². The van der Waals surface area contributed by atoms with Crippen LogP contribution in [0.15, 0.2) is 84.9 Å². The Hall–Kier alpha value is -3.48. The minimum Gasteiger partial charge on any atom is -0.248 e. The Balaban J connectivity index is 1.81. The van der Waals surface area contributed by atoms with E-state index in [0.717, 1.165) is 27.2 Å². The monoisotopic (exact) mass is 362 g/mol. The zero-order chi connectivity index (χ0) is 18.2. The van der Waals surface area contributed by atoms with Gasteiger partial charge in [-0.25, -0.2) is 4.98 Å². The van der Waals surface area contributed by atoms with Crippen LogP contribution >= 0.6 is 11.3 Å². The van der Waals surface area contributed by atoms with Gasteiger partial charge >= 0.3 is 0 Å². The maximum absolute atomic E-state index is 9.51. The summed E-state index contributed by atoms with van der Waals surface area (Å²) >= 11 is 1.72. The van der Waals surface area contributed by atoms with Crippen molar-refractivity contribution >= 4 is 31.5 Å². The molecule has 0 aliphatic rings. The molecule has 0 aliphatic heterocycles. The molecule has 0 amide bonds. The molecule has 3 heteroatoms. The second kappa shape index (κ2) is 6.35. The highest BCUT2D eigenvalue weighted by atomic mass is 32.1. The van der Waals surface area contributed by atoms with Crippen molar-refractivity contribution in [3.8, 4) is 28.6 Å². The normalized spacial score (nSPS) is 10.9. The lowest BCUT2D eigenvalue weighted by Crippen LogP contribution is -1.89. The Morgan fingerprint density at radius 2 is 1.52 bits per heavy atom. The van der Waals surface area contributed by atoms with Crippen LogP contribution in [0.1, 0.15) is 5.56 Å². The summed E-state index contributed by atoms with van der Waals surface area (Å²) in [7, 11) is 0. The standard InChI is InChI=1S/C24H14N2S/c25-15-16-13-19(24-18-9-4-5-12-22(18)27-23(24)14-16)21-11-6-10-20(26-21)17-7-2-1-3-8-17/h1-14H. The number of aromatic nitrogens is 1. The van der Waals surface area contributed by atoms with Crippen LogP contribution in [0.3, 0.4) is 0 Å². The third-order valence-corrected chi connectivity index (χ3v) is 5.82. The van der Waals surface area contributed by atoms with E-state index in [2.05, 4.69) is 42.5 Å². The van der Waals surface area contributed by atoms with Crippen molar-refractivity contribution in [1.82, 2.24) is 4.98 Å². The summed E-state index contributed by atoms with van der Waals surface area (Å²) in [6.07, 6.45) is 0. The lowest BCUT2D eigenvalue weighted by Gasteiger charge is -2.08. The van der Waals surface area contributed by atoms with Gasteiger partial charge in [-0.1, -0.05) is 54.6 Å². The highest BCUT2D eigenvalue weighted by molar-refractivity contribution is 7.25. The van der Waals surface area contributed by atoms with E-state index in [1.165, 1.54) is 15.5 Å². The smallest absolute Gasteiger partial charge is 0.0992 e. The van der Waals surface area contributed by atoms with Crippen molar-refractivity contribution in [2.75, 3.05) is 0 Å². The highest BCUT2D eigenvalue weighted by Crippen LogP contribution is 2.40. The predicted molar refractivity (Wildman–Crippen MR) is 113 cm³/mol. The van der Waals surface area contributed by atoms with E-state index >= 15 is 0 Å². The maximum atomic E-state index is 9.51. The van der Waals surface area contributed by atoms with Crippen molar-refractivity contribution in [3.63, 3.8) is 0 Å². The zero-order valence-electron chi connectivity index (χ0n) is 14.4. The van der Waals surface area contributed by atoms with Gasteiger partial charge in [-0.15, -0.1) is 11.3 Å². The van der Waals surface area contributed by atoms with Crippen LogP contribution in [0.4, 0.5) is 0 Å². The Kier molecular flexibility index (Phi) is 3.71. The Morgan fingerprint density at radius 3 is 2.37 bits per heavy atom. The van der Waals surface area contributed by atoms with E-state index in [4.69, 9.17) is 4.98 Å². The number of hydrogen-bond acceptors (Lipinski definition) is 3. The molecule has 0 bridgehead atoms. The van der Waals surface area contributed by atoms with Crippen LogP contribution in [-0.2, 0) is 0 Å². The molecular formula is C24H14N2S. The Bertz CT molecular complexity index is 1330. The molecule has 27 heavy (non-hydrogen) atoms. The van der Waals surface area contributed by atoms with E-state index in [-0.39, 0.29) is 0 Å². The molecule has 0 radical (unpaired) electrons. The van der Waals surface area contributed by atoms with Crippen molar-refractivity contribution in [3.05, 3.63) is 90.5 Å². The number of benzene rings is 3. The first-order valence-corrected chi connectivity index (χ1v) is 9.53. The first-order chi connectivity index (χ1) is 13.3. The van der Waals surface area contributed by atoms with Gasteiger partial charge < -0.3 is 0 Å². The van der Waals surface area contributed by atoms with Gasteiger partial charge in [0.05, 0.1) is 23.0 Å². The average Bonchev–Trinajstić information content (AvgIpc) is 3.12. The summed E-state index contributed by atoms with van der Waals surface area (Å²) in [6, 6.07) is 30.9. The fraction of sp³-hybridized carbons (Fsp3) is 0. The molecule has 0 fully saturated rings. The molecule has 0 atom stereocenters. The molecule has 2 aromatic heterocycles. The molecule has 0 saturated carbocycles. The van der Waals surface area contributed by atoms with Crippen LogP contribution in [0, 0.1) is 11.3 Å². The van der Waals surface area contributed by atoms with Crippen LogP contribution in [0.2, 0.25) is 0 Å². The first-order valence-electron chi connectivity index (χ1n) is 8.72. The largest absolute Gasteiger partial charge is 0.248 e. The second-order valence-electron chi connectivity index (χ2n) is 6.38. The molecular weight excluding hydrogens is 348 g/mol. The van der Waals surface area contributed by atoms with Crippen LogP contribution in [-0.4, -0.2) is 4.98 Å². The molecule has 0 aliphatic carbocycles. The quantitative estimate of drug-likeness (QED) is 0.352. The van der Waals surface area contributed by atoms with Crippen LogP contribution < -0.4 is 0 Å². The number of nitrogens with zero attached hydrogens (tertiary/aromatic N) is 2. The molecule has 0 N–H and O–H groups in total. The molecule has 126 valence electrons. The van der Waals surface area contributed by atoms with Crippen molar-refractivity contribution in [1.29, 1.82) is 5.26 Å². The molecule has 5 rings (SSSR count). The van der Waals surface area contributed by atoms with Crippen LogP contribution in [0.25, 0.3) is 42.7 Å². The van der Waals surface area contributed by atoms with E-state index in [0.29, 0.717) is 5.56 Å². The van der Waals surface area contributed by atoms with Gasteiger partial charge in [-0.05, 0) is 30.3 Å². The lowest BCUT2D eigenvalue weighted by molar-refractivity contribution is 1.33. The molecule has 0 spiro atoms. The third kappa shape index (κ3) is 2.68. The summed E-state index contributed by atoms with van der Waals surface area (Å²) < 4.78 is 2.35. The minimum absolute atomic E-state index is 0.663.